The summed E-state index contributed by atoms with van der Waals surface area (Å²) in [4.78, 5) is 10.3. The molecule has 2 heterocycles. The van der Waals surface area contributed by atoms with Crippen LogP contribution in [-0.4, -0.2) is 14.5 Å². The average Bonchev–Trinajstić information content (AvgIpc) is 3.48. The lowest BCUT2D eigenvalue weighted by atomic mass is 9.82. The van der Waals surface area contributed by atoms with Gasteiger partial charge in [-0.05, 0) is 63.4 Å². The Morgan fingerprint density at radius 2 is 1.26 bits per heavy atom. The highest BCUT2D eigenvalue weighted by molar-refractivity contribution is 6.14. The van der Waals surface area contributed by atoms with Crippen LogP contribution in [0.2, 0.25) is 0 Å². The Kier molecular flexibility index (Phi) is 4.67. The zero-order chi connectivity index (χ0) is 28.0. The van der Waals surface area contributed by atoms with Gasteiger partial charge in [0.05, 0.1) is 16.6 Å². The van der Waals surface area contributed by atoms with Gasteiger partial charge in [-0.25, -0.2) is 9.97 Å². The van der Waals surface area contributed by atoms with E-state index in [0.29, 0.717) is 0 Å². The molecular formula is C39H27N3. The van der Waals surface area contributed by atoms with E-state index < -0.39 is 0 Å². The molecule has 0 aliphatic heterocycles. The van der Waals surface area contributed by atoms with Crippen molar-refractivity contribution in [2.75, 3.05) is 0 Å². The highest BCUT2D eigenvalue weighted by Crippen LogP contribution is 2.53. The second-order valence-corrected chi connectivity index (χ2v) is 11.9. The van der Waals surface area contributed by atoms with Gasteiger partial charge >= 0.3 is 0 Å². The van der Waals surface area contributed by atoms with Crippen LogP contribution in [0, 0.1) is 0 Å². The zero-order valence-electron chi connectivity index (χ0n) is 23.5. The molecule has 0 spiro atoms. The molecule has 198 valence electrons. The number of hydrogen-bond acceptors (Lipinski definition) is 2. The van der Waals surface area contributed by atoms with Crippen LogP contribution in [0.3, 0.4) is 0 Å². The zero-order valence-corrected chi connectivity index (χ0v) is 23.5. The van der Waals surface area contributed by atoms with Crippen molar-refractivity contribution in [1.82, 2.24) is 14.5 Å². The third-order valence-corrected chi connectivity index (χ3v) is 9.18. The minimum atomic E-state index is -0.132. The molecule has 2 aromatic heterocycles. The van der Waals surface area contributed by atoms with Crippen molar-refractivity contribution in [3.05, 3.63) is 139 Å². The van der Waals surface area contributed by atoms with E-state index in [9.17, 15) is 0 Å². The van der Waals surface area contributed by atoms with Gasteiger partial charge in [-0.15, -0.1) is 0 Å². The number of rotatable bonds is 2. The summed E-state index contributed by atoms with van der Waals surface area (Å²) in [6.45, 7) is 4.72. The third-order valence-electron chi connectivity index (χ3n) is 9.18. The first-order chi connectivity index (χ1) is 20.6. The Labute approximate surface area is 243 Å². The van der Waals surface area contributed by atoms with E-state index in [1.165, 1.54) is 49.3 Å². The summed E-state index contributed by atoms with van der Waals surface area (Å²) in [7, 11) is 0. The smallest absolute Gasteiger partial charge is 0.162 e. The van der Waals surface area contributed by atoms with Crippen LogP contribution < -0.4 is 0 Å². The number of hydrogen-bond donors (Lipinski definition) is 0. The maximum absolute atomic E-state index is 5.28. The number of para-hydroxylation sites is 2. The molecule has 0 saturated carbocycles. The van der Waals surface area contributed by atoms with Gasteiger partial charge in [0.15, 0.2) is 5.82 Å². The van der Waals surface area contributed by atoms with E-state index >= 15 is 0 Å². The van der Waals surface area contributed by atoms with Crippen LogP contribution in [0.5, 0.6) is 0 Å². The fourth-order valence-corrected chi connectivity index (χ4v) is 7.14. The van der Waals surface area contributed by atoms with Gasteiger partial charge in [-0.1, -0.05) is 111 Å². The summed E-state index contributed by atoms with van der Waals surface area (Å²) >= 11 is 0. The molecule has 0 saturated heterocycles. The average molecular weight is 538 g/mol. The van der Waals surface area contributed by atoms with Crippen molar-refractivity contribution < 1.29 is 0 Å². The third kappa shape index (κ3) is 3.11. The summed E-state index contributed by atoms with van der Waals surface area (Å²) in [5, 5.41) is 6.10. The van der Waals surface area contributed by atoms with E-state index in [4.69, 9.17) is 9.97 Å². The molecule has 9 rings (SSSR count). The van der Waals surface area contributed by atoms with Crippen molar-refractivity contribution in [1.29, 1.82) is 0 Å². The highest BCUT2D eigenvalue weighted by atomic mass is 15.1. The van der Waals surface area contributed by atoms with Crippen LogP contribution in [0.4, 0.5) is 0 Å². The van der Waals surface area contributed by atoms with E-state index in [2.05, 4.69) is 128 Å². The number of fused-ring (bicyclic) bond motifs is 9. The first kappa shape index (κ1) is 23.4. The topological polar surface area (TPSA) is 30.7 Å². The molecule has 6 aromatic carbocycles. The lowest BCUT2D eigenvalue weighted by Gasteiger charge is -2.22. The first-order valence-corrected chi connectivity index (χ1v) is 14.5. The van der Waals surface area contributed by atoms with Crippen molar-refractivity contribution in [2.24, 2.45) is 0 Å². The van der Waals surface area contributed by atoms with Gasteiger partial charge in [-0.2, -0.15) is 0 Å². The summed E-state index contributed by atoms with van der Waals surface area (Å²) < 4.78 is 2.36. The molecule has 0 amide bonds. The van der Waals surface area contributed by atoms with E-state index in [1.54, 1.807) is 0 Å². The highest BCUT2D eigenvalue weighted by Gasteiger charge is 2.37. The Morgan fingerprint density at radius 1 is 0.548 bits per heavy atom. The number of aromatic nitrogens is 3. The normalized spacial score (nSPS) is 13.7. The Hall–Kier alpha value is -5.28. The molecule has 0 N–H and O–H groups in total. The van der Waals surface area contributed by atoms with Crippen LogP contribution in [-0.2, 0) is 5.41 Å². The molecule has 3 heteroatoms. The fraction of sp³-hybridized carbons (Fsp3) is 0.0769. The van der Waals surface area contributed by atoms with E-state index in [0.717, 1.165) is 33.6 Å². The molecule has 42 heavy (non-hydrogen) atoms. The number of benzene rings is 6. The Balaban J connectivity index is 1.42. The second-order valence-electron chi connectivity index (χ2n) is 11.9. The van der Waals surface area contributed by atoms with Crippen LogP contribution >= 0.6 is 0 Å². The van der Waals surface area contributed by atoms with Crippen LogP contribution in [0.1, 0.15) is 25.0 Å². The predicted octanol–water partition coefficient (Wildman–Crippen LogP) is 9.85. The molecule has 3 nitrogen and oxygen atoms in total. The minimum Gasteiger partial charge on any atom is -0.293 e. The lowest BCUT2D eigenvalue weighted by Crippen LogP contribution is -2.15. The quantitative estimate of drug-likeness (QED) is 0.220. The van der Waals surface area contributed by atoms with Gasteiger partial charge in [-0.3, -0.25) is 4.57 Å². The fourth-order valence-electron chi connectivity index (χ4n) is 7.14. The van der Waals surface area contributed by atoms with Crippen molar-refractivity contribution in [3.8, 4) is 28.3 Å². The minimum absolute atomic E-state index is 0.132. The predicted molar refractivity (Wildman–Crippen MR) is 174 cm³/mol. The monoisotopic (exact) mass is 537 g/mol. The number of nitrogens with zero attached hydrogens (tertiary/aromatic N) is 3. The molecule has 0 fully saturated rings. The van der Waals surface area contributed by atoms with Gasteiger partial charge in [0.25, 0.3) is 0 Å². The van der Waals surface area contributed by atoms with Crippen molar-refractivity contribution >= 4 is 43.5 Å². The standard InChI is InChI=1S/C39H27N3/c1-39(2)31-21-20-24-12-6-7-15-26(24)36(31)30-22-29-27-16-9-11-19-34(27)42(35(29)23-32(30)39)38-28-17-8-10-18-33(28)40-37(41-38)25-13-4-3-5-14-25/h3-23H,1-2H3. The van der Waals surface area contributed by atoms with Crippen molar-refractivity contribution in [2.45, 2.75) is 19.3 Å². The maximum Gasteiger partial charge on any atom is 0.162 e. The Morgan fingerprint density at radius 3 is 2.12 bits per heavy atom. The SMILES string of the molecule is CC1(C)c2cc3c(cc2-c2c1ccc1ccccc21)c1ccccc1n3-c1nc(-c2ccccc2)nc2ccccc12. The molecule has 0 atom stereocenters. The van der Waals surface area contributed by atoms with Gasteiger partial charge < -0.3 is 0 Å². The summed E-state index contributed by atoms with van der Waals surface area (Å²) in [6.07, 6.45) is 0. The maximum atomic E-state index is 5.28. The molecule has 1 aliphatic carbocycles. The summed E-state index contributed by atoms with van der Waals surface area (Å²) in [5.74, 6) is 1.64. The molecule has 0 unspecified atom stereocenters. The molecule has 8 aromatic rings. The van der Waals surface area contributed by atoms with Gasteiger partial charge in [0.1, 0.15) is 5.82 Å². The molecular weight excluding hydrogens is 510 g/mol. The first-order valence-electron chi connectivity index (χ1n) is 14.5. The molecule has 1 aliphatic rings. The second kappa shape index (κ2) is 8.37. The van der Waals surface area contributed by atoms with Crippen LogP contribution in [0.25, 0.3) is 71.8 Å². The van der Waals surface area contributed by atoms with Crippen molar-refractivity contribution in [3.63, 3.8) is 0 Å². The van der Waals surface area contributed by atoms with Gasteiger partial charge in [0, 0.05) is 27.1 Å². The van der Waals surface area contributed by atoms with E-state index in [1.807, 2.05) is 18.2 Å². The molecule has 0 radical (unpaired) electrons. The molecule has 0 bridgehead atoms. The largest absolute Gasteiger partial charge is 0.293 e. The summed E-state index contributed by atoms with van der Waals surface area (Å²) in [6, 6.07) is 45.6. The van der Waals surface area contributed by atoms with Gasteiger partial charge in [0.2, 0.25) is 0 Å². The van der Waals surface area contributed by atoms with Crippen LogP contribution in [0.15, 0.2) is 127 Å². The lowest BCUT2D eigenvalue weighted by molar-refractivity contribution is 0.661. The summed E-state index contributed by atoms with van der Waals surface area (Å²) in [5.41, 5.74) is 9.57. The Bertz CT molecular complexity index is 2380. The van der Waals surface area contributed by atoms with E-state index in [-0.39, 0.29) is 5.41 Å².